The summed E-state index contributed by atoms with van der Waals surface area (Å²) >= 11 is 4.84. The fourth-order valence-corrected chi connectivity index (χ4v) is 5.18. The van der Waals surface area contributed by atoms with E-state index in [1.165, 1.54) is 18.2 Å². The van der Waals surface area contributed by atoms with Gasteiger partial charge in [0.05, 0.1) is 21.8 Å². The molecule has 1 aromatic carbocycles. The second kappa shape index (κ2) is 7.91. The molecule has 2 aromatic rings. The van der Waals surface area contributed by atoms with Gasteiger partial charge in [0.25, 0.3) is 0 Å². The molecular weight excluding hydrogens is 439 g/mol. The first-order valence-corrected chi connectivity index (χ1v) is 11.3. The van der Waals surface area contributed by atoms with Crippen molar-refractivity contribution in [2.45, 2.75) is 43.3 Å². The maximum Gasteiger partial charge on any atom is 0.163 e. The molecule has 4 nitrogen and oxygen atoms in total. The number of hydrogen-bond donors (Lipinski definition) is 2. The van der Waals surface area contributed by atoms with Crippen LogP contribution in [-0.2, 0) is 6.42 Å². The van der Waals surface area contributed by atoms with Gasteiger partial charge in [0.1, 0.15) is 10.5 Å². The number of fused-ring (bicyclic) bond motifs is 2. The molecule has 28 heavy (non-hydrogen) atoms. The summed E-state index contributed by atoms with van der Waals surface area (Å²) in [4.78, 5) is 4.59. The molecule has 5 rings (SSSR count). The average Bonchev–Trinajstić information content (AvgIpc) is 3.33. The van der Waals surface area contributed by atoms with Crippen molar-refractivity contribution < 1.29 is 4.39 Å². The van der Waals surface area contributed by atoms with E-state index in [9.17, 15) is 0 Å². The molecular formula is C21H20BrFN4S. The van der Waals surface area contributed by atoms with E-state index in [0.29, 0.717) is 40.8 Å². The maximum absolute atomic E-state index is 15.2. The molecule has 0 spiro atoms. The summed E-state index contributed by atoms with van der Waals surface area (Å²) in [7, 11) is 0. The highest BCUT2D eigenvalue weighted by molar-refractivity contribution is 9.10. The average molecular weight is 459 g/mol. The van der Waals surface area contributed by atoms with E-state index in [2.05, 4.69) is 49.5 Å². The van der Waals surface area contributed by atoms with Crippen molar-refractivity contribution in [3.63, 3.8) is 0 Å². The molecule has 1 aliphatic carbocycles. The molecule has 2 N–H and O–H groups in total. The zero-order valence-corrected chi connectivity index (χ0v) is 18.1. The Morgan fingerprint density at radius 3 is 2.93 bits per heavy atom. The van der Waals surface area contributed by atoms with Gasteiger partial charge < -0.3 is 10.6 Å². The lowest BCUT2D eigenvalue weighted by Gasteiger charge is -2.36. The fraction of sp³-hybridized carbons (Fsp3) is 0.429. The van der Waals surface area contributed by atoms with Crippen LogP contribution in [0, 0.1) is 34.9 Å². The first-order valence-electron chi connectivity index (χ1n) is 9.27. The molecule has 1 saturated carbocycles. The lowest BCUT2D eigenvalue weighted by Crippen LogP contribution is -2.47. The van der Waals surface area contributed by atoms with E-state index >= 15 is 4.39 Å². The van der Waals surface area contributed by atoms with E-state index in [1.54, 1.807) is 6.92 Å². The van der Waals surface area contributed by atoms with Crippen molar-refractivity contribution in [3.05, 3.63) is 27.5 Å². The van der Waals surface area contributed by atoms with E-state index < -0.39 is 0 Å². The number of aryl methyl sites for hydroxylation is 1. The van der Waals surface area contributed by atoms with Crippen molar-refractivity contribution in [2.75, 3.05) is 18.1 Å². The maximum atomic E-state index is 15.2. The molecule has 2 bridgehead atoms. The highest BCUT2D eigenvalue weighted by Gasteiger charge is 2.47. The minimum Gasteiger partial charge on any atom is -0.379 e. The van der Waals surface area contributed by atoms with Crippen LogP contribution in [0.15, 0.2) is 15.6 Å². The molecule has 1 aromatic heterocycles. The molecule has 0 radical (unpaired) electrons. The van der Waals surface area contributed by atoms with Crippen molar-refractivity contribution >= 4 is 44.3 Å². The summed E-state index contributed by atoms with van der Waals surface area (Å²) in [6.45, 7) is 2.82. The van der Waals surface area contributed by atoms with Gasteiger partial charge in [0.2, 0.25) is 0 Å². The molecule has 3 fully saturated rings. The van der Waals surface area contributed by atoms with Crippen molar-refractivity contribution in [1.82, 2.24) is 10.3 Å². The number of nitrogens with one attached hydrogen (secondary N) is 2. The molecule has 2 saturated heterocycles. The first kappa shape index (κ1) is 19.5. The number of benzene rings is 1. The van der Waals surface area contributed by atoms with Gasteiger partial charge in [0, 0.05) is 30.4 Å². The lowest BCUT2D eigenvalue weighted by molar-refractivity contribution is 0.327. The topological polar surface area (TPSA) is 60.7 Å². The zero-order chi connectivity index (χ0) is 19.8. The van der Waals surface area contributed by atoms with E-state index in [0.717, 1.165) is 33.8 Å². The number of pyridine rings is 1. The molecule has 2 aliphatic heterocycles. The SMILES string of the molecule is CC#Cc1c(SC)nc2c(F)c(Br)c(CCC#N)cc2c1N[C@H]1[C@H]2CN[C@@H]1C2. The number of hydrogen-bond acceptors (Lipinski definition) is 5. The third-order valence-corrected chi connectivity index (χ3v) is 7.14. The van der Waals surface area contributed by atoms with Gasteiger partial charge in [-0.15, -0.1) is 17.7 Å². The van der Waals surface area contributed by atoms with Gasteiger partial charge in [-0.2, -0.15) is 5.26 Å². The Labute approximate surface area is 176 Å². The fourth-order valence-electron chi connectivity index (χ4n) is 4.14. The van der Waals surface area contributed by atoms with Crippen molar-refractivity contribution in [3.8, 4) is 17.9 Å². The van der Waals surface area contributed by atoms with Crippen LogP contribution in [0.1, 0.15) is 30.9 Å². The number of anilines is 1. The van der Waals surface area contributed by atoms with Gasteiger partial charge in [-0.1, -0.05) is 5.92 Å². The smallest absolute Gasteiger partial charge is 0.163 e. The Kier molecular flexibility index (Phi) is 5.51. The summed E-state index contributed by atoms with van der Waals surface area (Å²) in [5.74, 6) is 6.38. The summed E-state index contributed by atoms with van der Waals surface area (Å²) < 4.78 is 15.6. The Morgan fingerprint density at radius 2 is 2.32 bits per heavy atom. The van der Waals surface area contributed by atoms with Crippen LogP contribution in [0.5, 0.6) is 0 Å². The van der Waals surface area contributed by atoms with Crippen LogP contribution in [0.25, 0.3) is 10.9 Å². The van der Waals surface area contributed by atoms with Gasteiger partial charge in [-0.25, -0.2) is 9.37 Å². The second-order valence-corrected chi connectivity index (χ2v) is 8.73. The van der Waals surface area contributed by atoms with Crippen LogP contribution in [0.2, 0.25) is 0 Å². The van der Waals surface area contributed by atoms with Gasteiger partial charge >= 0.3 is 0 Å². The number of rotatable bonds is 5. The molecule has 0 amide bonds. The molecule has 0 unspecified atom stereocenters. The third kappa shape index (κ3) is 3.16. The minimum absolute atomic E-state index is 0.326. The van der Waals surface area contributed by atoms with Crippen LogP contribution in [-0.4, -0.2) is 29.9 Å². The van der Waals surface area contributed by atoms with Crippen LogP contribution < -0.4 is 10.6 Å². The molecule has 3 atom stereocenters. The predicted molar refractivity (Wildman–Crippen MR) is 115 cm³/mol. The Morgan fingerprint density at radius 1 is 1.50 bits per heavy atom. The summed E-state index contributed by atoms with van der Waals surface area (Å²) in [6.07, 6.45) is 3.93. The first-order chi connectivity index (χ1) is 13.6. The monoisotopic (exact) mass is 458 g/mol. The summed E-state index contributed by atoms with van der Waals surface area (Å²) in [6, 6.07) is 4.87. The van der Waals surface area contributed by atoms with Crippen LogP contribution >= 0.6 is 27.7 Å². The van der Waals surface area contributed by atoms with Gasteiger partial charge in [0.15, 0.2) is 5.82 Å². The van der Waals surface area contributed by atoms with Crippen LogP contribution in [0.4, 0.5) is 10.1 Å². The largest absolute Gasteiger partial charge is 0.379 e. The number of halogens is 2. The molecule has 7 heteroatoms. The van der Waals surface area contributed by atoms with Crippen molar-refractivity contribution in [1.29, 1.82) is 5.26 Å². The number of aromatic nitrogens is 1. The molecule has 3 heterocycles. The zero-order valence-electron chi connectivity index (χ0n) is 15.7. The lowest BCUT2D eigenvalue weighted by atomic mass is 9.80. The number of nitrogens with zero attached hydrogens (tertiary/aromatic N) is 2. The van der Waals surface area contributed by atoms with E-state index in [1.807, 2.05) is 12.3 Å². The minimum atomic E-state index is -0.380. The standard InChI is InChI=1S/C21H20BrFN4S/c1-3-5-13-19(26-18-12-9-15(18)25-10-12)14-8-11(6-4-7-24)16(22)17(23)20(14)27-21(13)28-2/h8,12,15,18,25H,4,6,9-10H2,1-2H3,(H,26,27)/t12-,15-,18+/m1/s1. The van der Waals surface area contributed by atoms with E-state index in [4.69, 9.17) is 5.26 Å². The molecule has 144 valence electrons. The Hall–Kier alpha value is -1.80. The third-order valence-electron chi connectivity index (χ3n) is 5.60. The van der Waals surface area contributed by atoms with Crippen LogP contribution in [0.3, 0.4) is 0 Å². The second-order valence-electron chi connectivity index (χ2n) is 7.14. The quantitative estimate of drug-likeness (QED) is 0.511. The normalized spacial score (nSPS) is 22.3. The highest BCUT2D eigenvalue weighted by atomic mass is 79.9. The van der Waals surface area contributed by atoms with E-state index in [-0.39, 0.29) is 5.82 Å². The summed E-state index contributed by atoms with van der Waals surface area (Å²) in [5.41, 5.74) is 2.79. The number of thioether (sulfide) groups is 1. The van der Waals surface area contributed by atoms with Gasteiger partial charge in [-0.3, -0.25) is 0 Å². The predicted octanol–water partition coefficient (Wildman–Crippen LogP) is 4.46. The van der Waals surface area contributed by atoms with Gasteiger partial charge in [-0.05, 0) is 59.5 Å². The summed E-state index contributed by atoms with van der Waals surface area (Å²) in [5, 5.41) is 17.6. The highest BCUT2D eigenvalue weighted by Crippen LogP contribution is 2.41. The Balaban J connectivity index is 1.94. The number of nitriles is 1. The Bertz CT molecular complexity index is 1040. The molecule has 3 aliphatic rings. The van der Waals surface area contributed by atoms with Crippen molar-refractivity contribution in [2.24, 2.45) is 5.92 Å².